The van der Waals surface area contributed by atoms with Crippen molar-refractivity contribution in [3.8, 4) is 0 Å². The highest BCUT2D eigenvalue weighted by atomic mass is 35.5. The van der Waals surface area contributed by atoms with Crippen molar-refractivity contribution in [1.82, 2.24) is 15.5 Å². The van der Waals surface area contributed by atoms with E-state index in [4.69, 9.17) is 16.1 Å². The fraction of sp³-hybridized carbons (Fsp3) is 0.273. The Morgan fingerprint density at radius 2 is 2.19 bits per heavy atom. The second-order valence-electron chi connectivity index (χ2n) is 3.35. The standard InChI is InChI=1S/C11H12ClN3O/c12-10-4-2-1-3-9(10)7-13-6-5-11-14-8-15-16-11/h1-4,8,13H,5-7H2. The molecule has 1 heterocycles. The van der Waals surface area contributed by atoms with E-state index in [2.05, 4.69) is 15.5 Å². The Balaban J connectivity index is 1.74. The number of hydrogen-bond acceptors (Lipinski definition) is 4. The van der Waals surface area contributed by atoms with E-state index >= 15 is 0 Å². The van der Waals surface area contributed by atoms with Crippen LogP contribution in [0.15, 0.2) is 35.1 Å². The molecule has 16 heavy (non-hydrogen) atoms. The largest absolute Gasteiger partial charge is 0.340 e. The minimum atomic E-state index is 0.645. The normalized spacial score (nSPS) is 10.6. The molecule has 2 aromatic rings. The molecule has 0 spiro atoms. The summed E-state index contributed by atoms with van der Waals surface area (Å²) in [6.07, 6.45) is 2.13. The fourth-order valence-corrected chi connectivity index (χ4v) is 1.57. The fourth-order valence-electron chi connectivity index (χ4n) is 1.37. The van der Waals surface area contributed by atoms with Gasteiger partial charge in [0.15, 0.2) is 6.33 Å². The smallest absolute Gasteiger partial charge is 0.227 e. The Hall–Kier alpha value is -1.39. The van der Waals surface area contributed by atoms with Crippen LogP contribution in [0.25, 0.3) is 0 Å². The molecule has 0 amide bonds. The molecule has 0 atom stereocenters. The van der Waals surface area contributed by atoms with Crippen LogP contribution in [0.2, 0.25) is 5.02 Å². The molecule has 0 aliphatic rings. The lowest BCUT2D eigenvalue weighted by atomic mass is 10.2. The molecule has 0 saturated carbocycles. The summed E-state index contributed by atoms with van der Waals surface area (Å²) in [5.41, 5.74) is 1.09. The Bertz CT molecular complexity index is 431. The molecular weight excluding hydrogens is 226 g/mol. The maximum atomic E-state index is 6.02. The number of aromatic nitrogens is 2. The van der Waals surface area contributed by atoms with E-state index in [-0.39, 0.29) is 0 Å². The molecule has 1 aromatic heterocycles. The van der Waals surface area contributed by atoms with E-state index in [0.29, 0.717) is 5.89 Å². The molecule has 0 aliphatic carbocycles. The van der Waals surface area contributed by atoms with Crippen molar-refractivity contribution in [2.75, 3.05) is 6.54 Å². The third-order valence-corrected chi connectivity index (χ3v) is 2.56. The molecule has 0 radical (unpaired) electrons. The first-order chi connectivity index (χ1) is 7.86. The Kier molecular flexibility index (Phi) is 3.91. The van der Waals surface area contributed by atoms with E-state index in [9.17, 15) is 0 Å². The molecule has 1 N–H and O–H groups in total. The molecule has 0 aliphatic heterocycles. The summed E-state index contributed by atoms with van der Waals surface area (Å²) in [6.45, 7) is 1.53. The maximum Gasteiger partial charge on any atom is 0.227 e. The SMILES string of the molecule is Clc1ccccc1CNCCc1ncno1. The van der Waals surface area contributed by atoms with Gasteiger partial charge in [-0.05, 0) is 11.6 Å². The van der Waals surface area contributed by atoms with Crippen LogP contribution in [-0.4, -0.2) is 16.7 Å². The Morgan fingerprint density at radius 3 is 2.94 bits per heavy atom. The lowest BCUT2D eigenvalue weighted by molar-refractivity contribution is 0.375. The summed E-state index contributed by atoms with van der Waals surface area (Å²) < 4.78 is 4.88. The van der Waals surface area contributed by atoms with Gasteiger partial charge in [-0.15, -0.1) is 0 Å². The number of hydrogen-bond donors (Lipinski definition) is 1. The van der Waals surface area contributed by atoms with Gasteiger partial charge < -0.3 is 9.84 Å². The summed E-state index contributed by atoms with van der Waals surface area (Å²) in [7, 11) is 0. The first-order valence-electron chi connectivity index (χ1n) is 5.06. The van der Waals surface area contributed by atoms with E-state index in [0.717, 1.165) is 30.1 Å². The van der Waals surface area contributed by atoms with Crippen LogP contribution >= 0.6 is 11.6 Å². The molecule has 2 rings (SSSR count). The highest BCUT2D eigenvalue weighted by molar-refractivity contribution is 6.31. The molecule has 1 aromatic carbocycles. The second-order valence-corrected chi connectivity index (χ2v) is 3.76. The highest BCUT2D eigenvalue weighted by Gasteiger charge is 2.00. The zero-order valence-corrected chi connectivity index (χ0v) is 9.44. The van der Waals surface area contributed by atoms with Gasteiger partial charge in [0.05, 0.1) is 0 Å². The van der Waals surface area contributed by atoms with Gasteiger partial charge >= 0.3 is 0 Å². The van der Waals surface area contributed by atoms with Gasteiger partial charge in [0.2, 0.25) is 5.89 Å². The molecular formula is C11H12ClN3O. The minimum Gasteiger partial charge on any atom is -0.340 e. The van der Waals surface area contributed by atoms with Gasteiger partial charge in [-0.2, -0.15) is 4.98 Å². The lowest BCUT2D eigenvalue weighted by Gasteiger charge is -2.04. The van der Waals surface area contributed by atoms with Crippen molar-refractivity contribution in [3.05, 3.63) is 47.1 Å². The van der Waals surface area contributed by atoms with Crippen molar-refractivity contribution in [1.29, 1.82) is 0 Å². The van der Waals surface area contributed by atoms with E-state index in [1.54, 1.807) is 0 Å². The number of halogens is 1. The monoisotopic (exact) mass is 237 g/mol. The summed E-state index contributed by atoms with van der Waals surface area (Å²) in [5.74, 6) is 0.645. The topological polar surface area (TPSA) is 51.0 Å². The summed E-state index contributed by atoms with van der Waals surface area (Å²) >= 11 is 6.02. The van der Waals surface area contributed by atoms with E-state index in [1.807, 2.05) is 24.3 Å². The molecule has 0 saturated heterocycles. The predicted octanol–water partition coefficient (Wildman–Crippen LogP) is 2.06. The summed E-state index contributed by atoms with van der Waals surface area (Å²) in [6, 6.07) is 7.78. The van der Waals surface area contributed by atoms with Gasteiger partial charge in [-0.1, -0.05) is 35.0 Å². The number of nitrogens with zero attached hydrogens (tertiary/aromatic N) is 2. The Morgan fingerprint density at radius 1 is 1.31 bits per heavy atom. The molecule has 0 fully saturated rings. The Labute approximate surface area is 98.6 Å². The number of benzene rings is 1. The molecule has 5 heteroatoms. The van der Waals surface area contributed by atoms with Crippen molar-refractivity contribution in [2.24, 2.45) is 0 Å². The van der Waals surface area contributed by atoms with Crippen molar-refractivity contribution in [2.45, 2.75) is 13.0 Å². The van der Waals surface area contributed by atoms with Gasteiger partial charge in [0, 0.05) is 24.5 Å². The quantitative estimate of drug-likeness (QED) is 0.809. The van der Waals surface area contributed by atoms with Crippen LogP contribution in [0.3, 0.4) is 0 Å². The average Bonchev–Trinajstić information content (AvgIpc) is 2.79. The summed E-state index contributed by atoms with van der Waals surface area (Å²) in [4.78, 5) is 3.93. The van der Waals surface area contributed by atoms with Crippen molar-refractivity contribution in [3.63, 3.8) is 0 Å². The van der Waals surface area contributed by atoms with Crippen molar-refractivity contribution >= 4 is 11.6 Å². The lowest BCUT2D eigenvalue weighted by Crippen LogP contribution is -2.16. The third kappa shape index (κ3) is 3.05. The van der Waals surface area contributed by atoms with Crippen LogP contribution in [0.1, 0.15) is 11.5 Å². The molecule has 4 nitrogen and oxygen atoms in total. The molecule has 0 unspecified atom stereocenters. The van der Waals surface area contributed by atoms with Crippen LogP contribution < -0.4 is 5.32 Å². The number of rotatable bonds is 5. The zero-order valence-electron chi connectivity index (χ0n) is 8.69. The van der Waals surface area contributed by atoms with E-state index < -0.39 is 0 Å². The van der Waals surface area contributed by atoms with Crippen LogP contribution in [-0.2, 0) is 13.0 Å². The third-order valence-electron chi connectivity index (χ3n) is 2.20. The first kappa shape index (κ1) is 11.1. The highest BCUT2D eigenvalue weighted by Crippen LogP contribution is 2.14. The van der Waals surface area contributed by atoms with Crippen molar-refractivity contribution < 1.29 is 4.52 Å². The van der Waals surface area contributed by atoms with Crippen LogP contribution in [0, 0.1) is 0 Å². The zero-order chi connectivity index (χ0) is 11.2. The second kappa shape index (κ2) is 5.63. The number of nitrogens with one attached hydrogen (secondary N) is 1. The van der Waals surface area contributed by atoms with Crippen LogP contribution in [0.4, 0.5) is 0 Å². The first-order valence-corrected chi connectivity index (χ1v) is 5.44. The maximum absolute atomic E-state index is 6.02. The van der Waals surface area contributed by atoms with Gasteiger partial charge in [-0.25, -0.2) is 0 Å². The van der Waals surface area contributed by atoms with Gasteiger partial charge in [0.25, 0.3) is 0 Å². The van der Waals surface area contributed by atoms with Gasteiger partial charge in [-0.3, -0.25) is 0 Å². The molecule has 0 bridgehead atoms. The summed E-state index contributed by atoms with van der Waals surface area (Å²) in [5, 5.41) is 7.59. The minimum absolute atomic E-state index is 0.645. The van der Waals surface area contributed by atoms with Crippen LogP contribution in [0.5, 0.6) is 0 Å². The molecule has 84 valence electrons. The predicted molar refractivity (Wildman–Crippen MR) is 61.2 cm³/mol. The average molecular weight is 238 g/mol. The van der Waals surface area contributed by atoms with E-state index in [1.165, 1.54) is 6.33 Å². The van der Waals surface area contributed by atoms with Gasteiger partial charge in [0.1, 0.15) is 0 Å².